The Morgan fingerprint density at radius 3 is 1.70 bits per heavy atom. The Morgan fingerprint density at radius 2 is 1.17 bits per heavy atom. The SMILES string of the molecule is COc1ccc(C(OCCCCOCc2ccccc2)c2ccc(OC)cc2)cc1. The molecule has 0 bridgehead atoms. The van der Waals surface area contributed by atoms with E-state index in [1.165, 1.54) is 5.56 Å². The summed E-state index contributed by atoms with van der Waals surface area (Å²) in [7, 11) is 3.35. The molecule has 0 atom stereocenters. The van der Waals surface area contributed by atoms with Crippen molar-refractivity contribution in [3.63, 3.8) is 0 Å². The fourth-order valence-electron chi connectivity index (χ4n) is 3.21. The molecule has 0 aliphatic rings. The topological polar surface area (TPSA) is 36.9 Å². The third-order valence-corrected chi connectivity index (χ3v) is 4.92. The van der Waals surface area contributed by atoms with Crippen molar-refractivity contribution in [2.45, 2.75) is 25.6 Å². The van der Waals surface area contributed by atoms with Crippen LogP contribution in [0.15, 0.2) is 78.9 Å². The molecule has 30 heavy (non-hydrogen) atoms. The van der Waals surface area contributed by atoms with E-state index in [9.17, 15) is 0 Å². The van der Waals surface area contributed by atoms with Gasteiger partial charge in [-0.15, -0.1) is 0 Å². The zero-order valence-electron chi connectivity index (χ0n) is 17.8. The molecule has 0 fully saturated rings. The number of unbranched alkanes of at least 4 members (excludes halogenated alkanes) is 1. The van der Waals surface area contributed by atoms with E-state index in [1.807, 2.05) is 42.5 Å². The molecule has 0 saturated carbocycles. The molecule has 3 rings (SSSR count). The minimum absolute atomic E-state index is 0.132. The Hall–Kier alpha value is -2.82. The van der Waals surface area contributed by atoms with Gasteiger partial charge in [-0.2, -0.15) is 0 Å². The van der Waals surface area contributed by atoms with Gasteiger partial charge in [-0.1, -0.05) is 54.6 Å². The zero-order valence-corrected chi connectivity index (χ0v) is 17.8. The summed E-state index contributed by atoms with van der Waals surface area (Å²) in [4.78, 5) is 0. The first kappa shape index (κ1) is 21.9. The molecule has 0 radical (unpaired) electrons. The van der Waals surface area contributed by atoms with Gasteiger partial charge in [-0.25, -0.2) is 0 Å². The van der Waals surface area contributed by atoms with Gasteiger partial charge in [0, 0.05) is 13.2 Å². The van der Waals surface area contributed by atoms with Gasteiger partial charge in [-0.05, 0) is 53.8 Å². The van der Waals surface area contributed by atoms with E-state index >= 15 is 0 Å². The van der Waals surface area contributed by atoms with Gasteiger partial charge in [-0.3, -0.25) is 0 Å². The van der Waals surface area contributed by atoms with Crippen molar-refractivity contribution in [2.24, 2.45) is 0 Å². The molecular weight excluding hydrogens is 376 g/mol. The maximum absolute atomic E-state index is 6.29. The average molecular weight is 407 g/mol. The zero-order chi connectivity index (χ0) is 21.0. The average Bonchev–Trinajstić information content (AvgIpc) is 2.82. The van der Waals surface area contributed by atoms with Gasteiger partial charge < -0.3 is 18.9 Å². The molecule has 0 spiro atoms. The van der Waals surface area contributed by atoms with E-state index in [2.05, 4.69) is 36.4 Å². The van der Waals surface area contributed by atoms with Crippen LogP contribution in [0.5, 0.6) is 11.5 Å². The lowest BCUT2D eigenvalue weighted by atomic mass is 10.0. The summed E-state index contributed by atoms with van der Waals surface area (Å²) in [5.41, 5.74) is 3.40. The monoisotopic (exact) mass is 406 g/mol. The summed E-state index contributed by atoms with van der Waals surface area (Å²) < 4.78 is 22.6. The number of rotatable bonds is 12. The first-order chi connectivity index (χ1) is 14.8. The number of methoxy groups -OCH3 is 2. The van der Waals surface area contributed by atoms with Crippen LogP contribution in [0.4, 0.5) is 0 Å². The van der Waals surface area contributed by atoms with Crippen molar-refractivity contribution in [2.75, 3.05) is 27.4 Å². The first-order valence-electron chi connectivity index (χ1n) is 10.3. The highest BCUT2D eigenvalue weighted by Crippen LogP contribution is 2.29. The summed E-state index contributed by atoms with van der Waals surface area (Å²) in [5.74, 6) is 1.67. The van der Waals surface area contributed by atoms with Crippen molar-refractivity contribution in [3.8, 4) is 11.5 Å². The van der Waals surface area contributed by atoms with Gasteiger partial charge in [0.05, 0.1) is 20.8 Å². The van der Waals surface area contributed by atoms with Gasteiger partial charge in [0.25, 0.3) is 0 Å². The van der Waals surface area contributed by atoms with Crippen molar-refractivity contribution < 1.29 is 18.9 Å². The van der Waals surface area contributed by atoms with Crippen LogP contribution in [-0.2, 0) is 16.1 Å². The summed E-state index contributed by atoms with van der Waals surface area (Å²) in [6.07, 6.45) is 1.77. The molecule has 3 aromatic carbocycles. The molecule has 0 amide bonds. The molecule has 0 saturated heterocycles. The third-order valence-electron chi connectivity index (χ3n) is 4.92. The maximum Gasteiger partial charge on any atom is 0.118 e. The Kier molecular flexibility index (Phi) is 8.76. The molecule has 3 aromatic rings. The lowest BCUT2D eigenvalue weighted by Gasteiger charge is -2.20. The molecule has 4 heteroatoms. The van der Waals surface area contributed by atoms with Crippen molar-refractivity contribution >= 4 is 0 Å². The lowest BCUT2D eigenvalue weighted by molar-refractivity contribution is 0.0651. The highest BCUT2D eigenvalue weighted by Gasteiger charge is 2.15. The normalized spacial score (nSPS) is 10.9. The molecule has 0 heterocycles. The molecule has 0 aliphatic heterocycles. The van der Waals surface area contributed by atoms with Crippen LogP contribution in [-0.4, -0.2) is 27.4 Å². The van der Waals surface area contributed by atoms with E-state index in [0.29, 0.717) is 13.2 Å². The summed E-state index contributed by atoms with van der Waals surface area (Å²) in [6, 6.07) is 26.3. The van der Waals surface area contributed by atoms with E-state index in [0.717, 1.165) is 42.1 Å². The lowest BCUT2D eigenvalue weighted by Crippen LogP contribution is -2.08. The second kappa shape index (κ2) is 12.0. The van der Waals surface area contributed by atoms with Gasteiger partial charge >= 0.3 is 0 Å². The summed E-state index contributed by atoms with van der Waals surface area (Å²) in [5, 5.41) is 0. The van der Waals surface area contributed by atoms with Crippen LogP contribution in [0, 0.1) is 0 Å². The van der Waals surface area contributed by atoms with Crippen LogP contribution in [0.2, 0.25) is 0 Å². The largest absolute Gasteiger partial charge is 0.497 e. The summed E-state index contributed by atoms with van der Waals surface area (Å²) in [6.45, 7) is 2.05. The van der Waals surface area contributed by atoms with Gasteiger partial charge in [0.2, 0.25) is 0 Å². The van der Waals surface area contributed by atoms with Crippen LogP contribution < -0.4 is 9.47 Å². The molecule has 0 unspecified atom stereocenters. The van der Waals surface area contributed by atoms with E-state index < -0.39 is 0 Å². The molecular formula is C26H30O4. The molecule has 158 valence electrons. The predicted molar refractivity (Wildman–Crippen MR) is 119 cm³/mol. The number of hydrogen-bond acceptors (Lipinski definition) is 4. The quantitative estimate of drug-likeness (QED) is 0.356. The Labute approximate surface area is 179 Å². The summed E-state index contributed by atoms with van der Waals surface area (Å²) >= 11 is 0. The standard InChI is InChI=1S/C26H30O4/c1-27-24-14-10-22(11-15-24)26(23-12-16-25(28-2)17-13-23)30-19-7-6-18-29-20-21-8-4-3-5-9-21/h3-5,8-17,26H,6-7,18-20H2,1-2H3. The third kappa shape index (κ3) is 6.61. The second-order valence-electron chi connectivity index (χ2n) is 7.04. The minimum atomic E-state index is -0.132. The van der Waals surface area contributed by atoms with E-state index in [4.69, 9.17) is 18.9 Å². The number of ether oxygens (including phenoxy) is 4. The Morgan fingerprint density at radius 1 is 0.633 bits per heavy atom. The van der Waals surface area contributed by atoms with Gasteiger partial charge in [0.15, 0.2) is 0 Å². The Bertz CT molecular complexity index is 797. The van der Waals surface area contributed by atoms with Gasteiger partial charge in [0.1, 0.15) is 17.6 Å². The number of benzene rings is 3. The highest BCUT2D eigenvalue weighted by molar-refractivity contribution is 5.36. The predicted octanol–water partition coefficient (Wildman–Crippen LogP) is 5.81. The smallest absolute Gasteiger partial charge is 0.118 e. The fraction of sp³-hybridized carbons (Fsp3) is 0.308. The van der Waals surface area contributed by atoms with E-state index in [1.54, 1.807) is 14.2 Å². The van der Waals surface area contributed by atoms with Crippen molar-refractivity contribution in [3.05, 3.63) is 95.6 Å². The molecule has 0 aliphatic carbocycles. The van der Waals surface area contributed by atoms with Crippen LogP contribution in [0.25, 0.3) is 0 Å². The van der Waals surface area contributed by atoms with Crippen molar-refractivity contribution in [1.82, 2.24) is 0 Å². The van der Waals surface area contributed by atoms with Crippen molar-refractivity contribution in [1.29, 1.82) is 0 Å². The first-order valence-corrected chi connectivity index (χ1v) is 10.3. The van der Waals surface area contributed by atoms with Crippen LogP contribution in [0.1, 0.15) is 35.6 Å². The van der Waals surface area contributed by atoms with Crippen LogP contribution in [0.3, 0.4) is 0 Å². The fourth-order valence-corrected chi connectivity index (χ4v) is 3.21. The molecule has 0 N–H and O–H groups in total. The van der Waals surface area contributed by atoms with Crippen LogP contribution >= 0.6 is 0 Å². The second-order valence-corrected chi connectivity index (χ2v) is 7.04. The minimum Gasteiger partial charge on any atom is -0.497 e. The maximum atomic E-state index is 6.29. The molecule has 4 nitrogen and oxygen atoms in total. The molecule has 0 aromatic heterocycles. The number of hydrogen-bond donors (Lipinski definition) is 0. The van der Waals surface area contributed by atoms with E-state index in [-0.39, 0.29) is 6.10 Å². The highest BCUT2D eigenvalue weighted by atomic mass is 16.5. The Balaban J connectivity index is 1.51.